The Morgan fingerprint density at radius 2 is 2.27 bits per heavy atom. The minimum Gasteiger partial charge on any atom is -0.384 e. The van der Waals surface area contributed by atoms with Crippen LogP contribution in [0.25, 0.3) is 0 Å². The maximum absolute atomic E-state index is 13.2. The summed E-state index contributed by atoms with van der Waals surface area (Å²) in [7, 11) is 0. The molecule has 1 N–H and O–H groups in total. The topological polar surface area (TPSA) is 63.4 Å². The Bertz CT molecular complexity index is 460. The number of nitro groups is 1. The molecule has 0 radical (unpaired) electrons. The highest BCUT2D eigenvalue weighted by Gasteiger charge is 2.14. The molecule has 0 unspecified atom stereocenters. The van der Waals surface area contributed by atoms with Crippen LogP contribution in [-0.4, -0.2) is 16.6 Å². The molecular weight excluding hydrogens is 201 g/mol. The van der Waals surface area contributed by atoms with Gasteiger partial charge in [-0.2, -0.15) is 0 Å². The first-order chi connectivity index (χ1) is 7.06. The number of nitro benzene ring substituents is 1. The first-order valence-corrected chi connectivity index (χ1v) is 4.10. The number of hydrogen-bond acceptors (Lipinski definition) is 3. The van der Waals surface area contributed by atoms with Crippen LogP contribution in [0.1, 0.15) is 11.1 Å². The van der Waals surface area contributed by atoms with Gasteiger partial charge in [-0.3, -0.25) is 10.1 Å². The molecule has 1 aromatic carbocycles. The zero-order chi connectivity index (χ0) is 11.4. The molecule has 0 amide bonds. The monoisotopic (exact) mass is 209 g/mol. The highest BCUT2D eigenvalue weighted by atomic mass is 19.1. The largest absolute Gasteiger partial charge is 0.384 e. The van der Waals surface area contributed by atoms with E-state index in [-0.39, 0.29) is 16.8 Å². The van der Waals surface area contributed by atoms with E-state index in [0.717, 1.165) is 12.1 Å². The minimum atomic E-state index is -0.626. The van der Waals surface area contributed by atoms with E-state index in [1.165, 1.54) is 6.92 Å². The van der Waals surface area contributed by atoms with Crippen molar-refractivity contribution in [2.75, 3.05) is 6.61 Å². The predicted octanol–water partition coefficient (Wildman–Crippen LogP) is 1.39. The molecule has 15 heavy (non-hydrogen) atoms. The fraction of sp³-hybridized carbons (Fsp3) is 0.200. The van der Waals surface area contributed by atoms with Gasteiger partial charge in [-0.25, -0.2) is 4.39 Å². The summed E-state index contributed by atoms with van der Waals surface area (Å²) in [5.41, 5.74) is -0.0213. The average Bonchev–Trinajstić information content (AvgIpc) is 2.16. The van der Waals surface area contributed by atoms with Gasteiger partial charge in [0.15, 0.2) is 0 Å². The van der Waals surface area contributed by atoms with Crippen molar-refractivity contribution in [3.8, 4) is 11.8 Å². The van der Waals surface area contributed by atoms with Crippen molar-refractivity contribution in [2.24, 2.45) is 0 Å². The lowest BCUT2D eigenvalue weighted by atomic mass is 10.1. The SMILES string of the molecule is Cc1cc(F)c(C#CCO)cc1[N+](=O)[O-]. The molecule has 1 rings (SSSR count). The first-order valence-electron chi connectivity index (χ1n) is 4.10. The molecule has 5 heteroatoms. The molecule has 0 atom stereocenters. The van der Waals surface area contributed by atoms with E-state index in [2.05, 4.69) is 11.8 Å². The minimum absolute atomic E-state index is 0.0821. The Kier molecular flexibility index (Phi) is 3.37. The molecule has 0 heterocycles. The number of hydrogen-bond donors (Lipinski definition) is 1. The molecule has 0 spiro atoms. The van der Waals surface area contributed by atoms with Crippen LogP contribution in [-0.2, 0) is 0 Å². The second-order valence-corrected chi connectivity index (χ2v) is 2.84. The third kappa shape index (κ3) is 2.51. The van der Waals surface area contributed by atoms with Crippen molar-refractivity contribution in [1.82, 2.24) is 0 Å². The summed E-state index contributed by atoms with van der Waals surface area (Å²) < 4.78 is 13.2. The molecule has 0 bridgehead atoms. The second kappa shape index (κ2) is 4.53. The Hall–Kier alpha value is -1.93. The smallest absolute Gasteiger partial charge is 0.273 e. The number of halogens is 1. The van der Waals surface area contributed by atoms with Gasteiger partial charge in [0.25, 0.3) is 5.69 Å². The summed E-state index contributed by atoms with van der Waals surface area (Å²) in [6.07, 6.45) is 0. The summed E-state index contributed by atoms with van der Waals surface area (Å²) in [4.78, 5) is 9.95. The molecule has 1 aromatic rings. The van der Waals surface area contributed by atoms with Gasteiger partial charge in [-0.1, -0.05) is 11.8 Å². The molecule has 0 aliphatic carbocycles. The molecule has 0 aliphatic rings. The number of rotatable bonds is 1. The van der Waals surface area contributed by atoms with Gasteiger partial charge < -0.3 is 5.11 Å². The summed E-state index contributed by atoms with van der Waals surface area (Å²) in [5.74, 6) is 3.91. The molecule has 0 aromatic heterocycles. The zero-order valence-electron chi connectivity index (χ0n) is 7.95. The highest BCUT2D eigenvalue weighted by molar-refractivity contribution is 5.49. The quantitative estimate of drug-likeness (QED) is 0.431. The van der Waals surface area contributed by atoms with Gasteiger partial charge in [0, 0.05) is 11.6 Å². The van der Waals surface area contributed by atoms with Gasteiger partial charge in [0.2, 0.25) is 0 Å². The van der Waals surface area contributed by atoms with Crippen LogP contribution in [0.4, 0.5) is 10.1 Å². The normalized spacial score (nSPS) is 9.27. The van der Waals surface area contributed by atoms with E-state index >= 15 is 0 Å². The van der Waals surface area contributed by atoms with Gasteiger partial charge in [-0.15, -0.1) is 0 Å². The number of benzene rings is 1. The Balaban J connectivity index is 3.29. The second-order valence-electron chi connectivity index (χ2n) is 2.84. The Labute approximate surface area is 85.5 Å². The fourth-order valence-electron chi connectivity index (χ4n) is 1.09. The standard InChI is InChI=1S/C10H8FNO3/c1-7-5-9(11)8(3-2-4-13)6-10(7)12(14)15/h5-6,13H,4H2,1H3. The third-order valence-corrected chi connectivity index (χ3v) is 1.78. The maximum atomic E-state index is 13.2. The van der Waals surface area contributed by atoms with E-state index in [9.17, 15) is 14.5 Å². The lowest BCUT2D eigenvalue weighted by Crippen LogP contribution is -1.95. The Morgan fingerprint density at radius 3 is 2.80 bits per heavy atom. The number of aryl methyl sites for hydroxylation is 1. The summed E-state index contributed by atoms with van der Waals surface area (Å²) in [6, 6.07) is 2.12. The molecular formula is C10H8FNO3. The number of aliphatic hydroxyl groups is 1. The predicted molar refractivity (Wildman–Crippen MR) is 51.8 cm³/mol. The van der Waals surface area contributed by atoms with Gasteiger partial charge >= 0.3 is 0 Å². The van der Waals surface area contributed by atoms with Crippen molar-refractivity contribution >= 4 is 5.69 Å². The van der Waals surface area contributed by atoms with E-state index in [1.54, 1.807) is 0 Å². The van der Waals surface area contributed by atoms with Crippen LogP contribution >= 0.6 is 0 Å². The zero-order valence-corrected chi connectivity index (χ0v) is 7.95. The van der Waals surface area contributed by atoms with Crippen molar-refractivity contribution in [2.45, 2.75) is 6.92 Å². The van der Waals surface area contributed by atoms with Crippen LogP contribution < -0.4 is 0 Å². The fourth-order valence-corrected chi connectivity index (χ4v) is 1.09. The molecule has 0 fully saturated rings. The van der Waals surface area contributed by atoms with Crippen molar-refractivity contribution < 1.29 is 14.4 Å². The van der Waals surface area contributed by atoms with Crippen molar-refractivity contribution in [3.63, 3.8) is 0 Å². The van der Waals surface area contributed by atoms with Crippen molar-refractivity contribution in [3.05, 3.63) is 39.2 Å². The lowest BCUT2D eigenvalue weighted by molar-refractivity contribution is -0.385. The number of aliphatic hydroxyl groups excluding tert-OH is 1. The maximum Gasteiger partial charge on any atom is 0.273 e. The van der Waals surface area contributed by atoms with Crippen LogP contribution in [0.3, 0.4) is 0 Å². The summed E-state index contributed by atoms with van der Waals surface area (Å²) in [5, 5.41) is 19.0. The van der Waals surface area contributed by atoms with Crippen LogP contribution in [0.2, 0.25) is 0 Å². The van der Waals surface area contributed by atoms with Gasteiger partial charge in [0.05, 0.1) is 10.5 Å². The van der Waals surface area contributed by atoms with Crippen molar-refractivity contribution in [1.29, 1.82) is 0 Å². The van der Waals surface area contributed by atoms with Gasteiger partial charge in [0.1, 0.15) is 12.4 Å². The van der Waals surface area contributed by atoms with Gasteiger partial charge in [-0.05, 0) is 13.0 Å². The third-order valence-electron chi connectivity index (χ3n) is 1.78. The molecule has 0 saturated carbocycles. The highest BCUT2D eigenvalue weighted by Crippen LogP contribution is 2.21. The average molecular weight is 209 g/mol. The molecule has 0 saturated heterocycles. The molecule has 0 aliphatic heterocycles. The van der Waals surface area contributed by atoms with E-state index in [1.807, 2.05) is 0 Å². The first kappa shape index (κ1) is 11.1. The van der Waals surface area contributed by atoms with E-state index in [4.69, 9.17) is 5.11 Å². The molecule has 78 valence electrons. The Morgan fingerprint density at radius 1 is 1.60 bits per heavy atom. The molecule has 4 nitrogen and oxygen atoms in total. The number of nitrogens with zero attached hydrogens (tertiary/aromatic N) is 1. The lowest BCUT2D eigenvalue weighted by Gasteiger charge is -1.99. The van der Waals surface area contributed by atoms with Crippen LogP contribution in [0.5, 0.6) is 0 Å². The summed E-state index contributed by atoms with van der Waals surface area (Å²) in [6.45, 7) is 1.03. The summed E-state index contributed by atoms with van der Waals surface area (Å²) >= 11 is 0. The van der Waals surface area contributed by atoms with Crippen LogP contribution in [0, 0.1) is 34.7 Å². The van der Waals surface area contributed by atoms with Crippen LogP contribution in [0.15, 0.2) is 12.1 Å². The van der Waals surface area contributed by atoms with E-state index in [0.29, 0.717) is 0 Å². The van der Waals surface area contributed by atoms with E-state index < -0.39 is 17.3 Å².